The summed E-state index contributed by atoms with van der Waals surface area (Å²) in [5, 5.41) is 4.59. The molecule has 138 valence electrons. The van der Waals surface area contributed by atoms with E-state index in [0.717, 1.165) is 22.6 Å². The Hall–Kier alpha value is -3.15. The van der Waals surface area contributed by atoms with E-state index in [-0.39, 0.29) is 18.0 Å². The number of carbonyl (C=O) groups is 1. The number of nitrogens with zero attached hydrogens (tertiary/aromatic N) is 3. The average Bonchev–Trinajstić information content (AvgIpc) is 2.96. The molecule has 2 heterocycles. The van der Waals surface area contributed by atoms with E-state index in [1.165, 1.54) is 11.0 Å². The Bertz CT molecular complexity index is 998. The number of hydrogen-bond acceptors (Lipinski definition) is 3. The van der Waals surface area contributed by atoms with Gasteiger partial charge in [0.2, 0.25) is 5.91 Å². The zero-order valence-corrected chi connectivity index (χ0v) is 15.3. The topological polar surface area (TPSA) is 47.4 Å². The highest BCUT2D eigenvalue weighted by Crippen LogP contribution is 2.34. The van der Waals surface area contributed by atoms with Crippen LogP contribution in [-0.4, -0.2) is 28.8 Å². The van der Waals surface area contributed by atoms with Gasteiger partial charge in [-0.15, -0.1) is 0 Å². The molecular formula is C21H20FN3O2. The molecule has 0 spiro atoms. The van der Waals surface area contributed by atoms with Crippen molar-refractivity contribution < 1.29 is 13.9 Å². The molecule has 4 rings (SSSR count). The largest absolute Gasteiger partial charge is 0.489 e. The van der Waals surface area contributed by atoms with E-state index >= 15 is 0 Å². The molecule has 0 saturated carbocycles. The number of carbonyl (C=O) groups excluding carboxylic acids is 1. The van der Waals surface area contributed by atoms with Gasteiger partial charge in [-0.1, -0.05) is 24.3 Å². The highest BCUT2D eigenvalue weighted by molar-refractivity contribution is 5.97. The molecule has 1 aliphatic heterocycles. The number of fused-ring (bicyclic) bond motifs is 1. The van der Waals surface area contributed by atoms with E-state index in [0.29, 0.717) is 18.9 Å². The number of benzene rings is 2. The Balaban J connectivity index is 1.65. The molecule has 6 heteroatoms. The number of halogens is 1. The van der Waals surface area contributed by atoms with Gasteiger partial charge in [0.1, 0.15) is 18.0 Å². The molecule has 1 aliphatic rings. The van der Waals surface area contributed by atoms with Crippen LogP contribution in [0.15, 0.2) is 48.5 Å². The summed E-state index contributed by atoms with van der Waals surface area (Å²) in [6, 6.07) is 14.4. The van der Waals surface area contributed by atoms with Crippen LogP contribution in [0.2, 0.25) is 0 Å². The summed E-state index contributed by atoms with van der Waals surface area (Å²) in [5.41, 5.74) is 3.74. The lowest BCUT2D eigenvalue weighted by atomic mass is 10.1. The second-order valence-corrected chi connectivity index (χ2v) is 6.55. The zero-order valence-electron chi connectivity index (χ0n) is 15.3. The molecule has 0 N–H and O–H groups in total. The van der Waals surface area contributed by atoms with Crippen LogP contribution in [0.1, 0.15) is 17.0 Å². The fourth-order valence-electron chi connectivity index (χ4n) is 3.48. The first-order chi connectivity index (χ1) is 13.1. The lowest BCUT2D eigenvalue weighted by Gasteiger charge is -2.29. The van der Waals surface area contributed by atoms with Crippen molar-refractivity contribution >= 4 is 11.6 Å². The summed E-state index contributed by atoms with van der Waals surface area (Å²) in [6.45, 7) is 4.52. The maximum absolute atomic E-state index is 14.3. The minimum atomic E-state index is -0.450. The third-order valence-electron chi connectivity index (χ3n) is 4.86. The maximum Gasteiger partial charge on any atom is 0.231 e. The summed E-state index contributed by atoms with van der Waals surface area (Å²) in [5.74, 6) is -0.208. The fraction of sp³-hybridized carbons (Fsp3) is 0.238. The van der Waals surface area contributed by atoms with Crippen molar-refractivity contribution in [3.8, 4) is 11.4 Å². The number of anilines is 1. The third kappa shape index (κ3) is 3.07. The number of para-hydroxylation sites is 2. The molecule has 0 aliphatic carbocycles. The molecule has 1 aromatic heterocycles. The van der Waals surface area contributed by atoms with Crippen molar-refractivity contribution in [3.05, 3.63) is 71.3 Å². The third-order valence-corrected chi connectivity index (χ3v) is 4.86. The minimum absolute atomic E-state index is 0.163. The number of amides is 1. The van der Waals surface area contributed by atoms with Gasteiger partial charge in [0, 0.05) is 11.3 Å². The van der Waals surface area contributed by atoms with Gasteiger partial charge in [0.05, 0.1) is 24.3 Å². The summed E-state index contributed by atoms with van der Waals surface area (Å²) >= 11 is 0. The predicted octanol–water partition coefficient (Wildman–Crippen LogP) is 3.60. The van der Waals surface area contributed by atoms with Crippen LogP contribution >= 0.6 is 0 Å². The molecule has 3 aromatic rings. The van der Waals surface area contributed by atoms with Crippen molar-refractivity contribution in [2.45, 2.75) is 20.3 Å². The number of aryl methyl sites for hydroxylation is 1. The van der Waals surface area contributed by atoms with E-state index in [1.54, 1.807) is 12.1 Å². The van der Waals surface area contributed by atoms with Gasteiger partial charge in [0.25, 0.3) is 0 Å². The Morgan fingerprint density at radius 2 is 1.93 bits per heavy atom. The van der Waals surface area contributed by atoms with E-state index < -0.39 is 5.82 Å². The lowest BCUT2D eigenvalue weighted by molar-refractivity contribution is -0.118. The van der Waals surface area contributed by atoms with Crippen LogP contribution in [0.25, 0.3) is 5.69 Å². The first kappa shape index (κ1) is 17.3. The van der Waals surface area contributed by atoms with E-state index in [9.17, 15) is 9.18 Å². The van der Waals surface area contributed by atoms with Crippen molar-refractivity contribution in [1.29, 1.82) is 0 Å². The Morgan fingerprint density at radius 1 is 1.15 bits per heavy atom. The van der Waals surface area contributed by atoms with Crippen molar-refractivity contribution in [1.82, 2.24) is 9.78 Å². The predicted molar refractivity (Wildman–Crippen MR) is 101 cm³/mol. The zero-order chi connectivity index (χ0) is 19.0. The summed E-state index contributed by atoms with van der Waals surface area (Å²) < 4.78 is 21.6. The first-order valence-electron chi connectivity index (χ1n) is 8.88. The molecule has 0 bridgehead atoms. The smallest absolute Gasteiger partial charge is 0.231 e. The highest BCUT2D eigenvalue weighted by atomic mass is 19.1. The monoisotopic (exact) mass is 365 g/mol. The maximum atomic E-state index is 14.3. The second kappa shape index (κ2) is 6.87. The second-order valence-electron chi connectivity index (χ2n) is 6.55. The first-order valence-corrected chi connectivity index (χ1v) is 8.88. The van der Waals surface area contributed by atoms with Crippen LogP contribution in [0.3, 0.4) is 0 Å². The fourth-order valence-corrected chi connectivity index (χ4v) is 3.48. The Morgan fingerprint density at radius 3 is 2.70 bits per heavy atom. The Kier molecular flexibility index (Phi) is 4.39. The minimum Gasteiger partial charge on any atom is -0.489 e. The molecule has 0 fully saturated rings. The number of aromatic nitrogens is 2. The van der Waals surface area contributed by atoms with Crippen LogP contribution in [-0.2, 0) is 11.2 Å². The van der Waals surface area contributed by atoms with E-state index in [1.807, 2.05) is 48.9 Å². The summed E-state index contributed by atoms with van der Waals surface area (Å²) in [7, 11) is 0. The number of ether oxygens (including phenoxy) is 1. The van der Waals surface area contributed by atoms with Crippen LogP contribution in [0.4, 0.5) is 10.1 Å². The van der Waals surface area contributed by atoms with Crippen molar-refractivity contribution in [2.75, 3.05) is 18.1 Å². The lowest BCUT2D eigenvalue weighted by Crippen LogP contribution is -2.39. The number of hydrogen-bond donors (Lipinski definition) is 0. The molecule has 0 atom stereocenters. The molecule has 2 aromatic carbocycles. The average molecular weight is 365 g/mol. The molecule has 1 amide bonds. The van der Waals surface area contributed by atoms with Gasteiger partial charge in [-0.2, -0.15) is 5.10 Å². The standard InChI is InChI=1S/C21H20FN3O2/c1-14-17(15(2)25(23-14)16-7-4-3-5-8-16)13-20(26)24-11-12-27-19-10-6-9-18(22)21(19)24/h3-10H,11-13H2,1-2H3. The number of rotatable bonds is 3. The quantitative estimate of drug-likeness (QED) is 0.713. The van der Waals surface area contributed by atoms with Gasteiger partial charge >= 0.3 is 0 Å². The van der Waals surface area contributed by atoms with E-state index in [2.05, 4.69) is 5.10 Å². The van der Waals surface area contributed by atoms with Gasteiger partial charge in [-0.25, -0.2) is 9.07 Å². The SMILES string of the molecule is Cc1nn(-c2ccccc2)c(C)c1CC(=O)N1CCOc2cccc(F)c21. The van der Waals surface area contributed by atoms with Crippen LogP contribution in [0.5, 0.6) is 5.75 Å². The van der Waals surface area contributed by atoms with Crippen LogP contribution in [0, 0.1) is 19.7 Å². The normalized spacial score (nSPS) is 13.2. The highest BCUT2D eigenvalue weighted by Gasteiger charge is 2.28. The van der Waals surface area contributed by atoms with E-state index in [4.69, 9.17) is 4.74 Å². The van der Waals surface area contributed by atoms with Gasteiger partial charge in [-0.05, 0) is 38.1 Å². The molecule has 5 nitrogen and oxygen atoms in total. The van der Waals surface area contributed by atoms with Gasteiger partial charge in [-0.3, -0.25) is 4.79 Å². The van der Waals surface area contributed by atoms with Crippen molar-refractivity contribution in [2.24, 2.45) is 0 Å². The van der Waals surface area contributed by atoms with Crippen molar-refractivity contribution in [3.63, 3.8) is 0 Å². The molecule has 27 heavy (non-hydrogen) atoms. The molecule has 0 unspecified atom stereocenters. The van der Waals surface area contributed by atoms with Gasteiger partial charge < -0.3 is 9.64 Å². The molecule has 0 radical (unpaired) electrons. The van der Waals surface area contributed by atoms with Gasteiger partial charge in [0.15, 0.2) is 5.82 Å². The Labute approximate surface area is 157 Å². The van der Waals surface area contributed by atoms with Crippen LogP contribution < -0.4 is 9.64 Å². The summed E-state index contributed by atoms with van der Waals surface area (Å²) in [4.78, 5) is 14.5. The molecular weight excluding hydrogens is 345 g/mol. The summed E-state index contributed by atoms with van der Waals surface area (Å²) in [6.07, 6.45) is 0.165. The molecule has 0 saturated heterocycles.